The highest BCUT2D eigenvalue weighted by Gasteiger charge is 1.99. The Morgan fingerprint density at radius 2 is 1.81 bits per heavy atom. The van der Waals surface area contributed by atoms with Crippen molar-refractivity contribution in [3.05, 3.63) is 77.3 Å². The predicted molar refractivity (Wildman–Crippen MR) is 90.0 cm³/mol. The summed E-state index contributed by atoms with van der Waals surface area (Å²) in [7, 11) is -2.57. The van der Waals surface area contributed by atoms with E-state index in [4.69, 9.17) is 11.6 Å². The van der Waals surface area contributed by atoms with E-state index in [1.165, 1.54) is 5.56 Å². The second-order valence-electron chi connectivity index (χ2n) is 4.36. The number of nitrogens with one attached hydrogen (secondary N) is 1. The molecule has 0 saturated heterocycles. The van der Waals surface area contributed by atoms with Crippen LogP contribution in [0.3, 0.4) is 0 Å². The van der Waals surface area contributed by atoms with Crippen molar-refractivity contribution >= 4 is 28.1 Å². The molecule has 0 spiro atoms. The van der Waals surface area contributed by atoms with Crippen molar-refractivity contribution in [1.29, 1.82) is 0 Å². The minimum Gasteiger partial charge on any atom is -0.216 e. The lowest BCUT2D eigenvalue weighted by atomic mass is 10.1. The minimum atomic E-state index is -2.57. The van der Waals surface area contributed by atoms with Crippen molar-refractivity contribution in [2.75, 3.05) is 6.54 Å². The van der Waals surface area contributed by atoms with Crippen LogP contribution in [0.2, 0.25) is 5.02 Å². The van der Waals surface area contributed by atoms with Crippen LogP contribution >= 0.6 is 11.6 Å². The summed E-state index contributed by atoms with van der Waals surface area (Å²) < 4.78 is 22.8. The van der Waals surface area contributed by atoms with Crippen molar-refractivity contribution in [2.24, 2.45) is 0 Å². The molecular weight excluding hydrogens is 306 g/mol. The summed E-state index contributed by atoms with van der Waals surface area (Å²) in [5.41, 5.74) is 2.84. The van der Waals surface area contributed by atoms with E-state index in [0.717, 1.165) is 5.56 Å². The standard InChI is InChI=1S/C9H10ClNO2S.C7H8/c1-7(6-11-14(12)13)8-3-2-4-9(10)5-8;1-7-5-3-2-4-6-7/h2-5,14H,1,6H2,(H,11,12,13);2-6H,1H3. The van der Waals surface area contributed by atoms with Crippen LogP contribution < -0.4 is 4.72 Å². The number of aryl methyl sites for hydroxylation is 1. The molecule has 0 atom stereocenters. The molecule has 0 radical (unpaired) electrons. The lowest BCUT2D eigenvalue weighted by molar-refractivity contribution is 0.606. The quantitative estimate of drug-likeness (QED) is 0.846. The number of benzene rings is 2. The Kier molecular flexibility index (Phi) is 7.75. The molecule has 112 valence electrons. The second kappa shape index (κ2) is 9.34. The van der Waals surface area contributed by atoms with Gasteiger partial charge in [0.15, 0.2) is 0 Å². The summed E-state index contributed by atoms with van der Waals surface area (Å²) in [6.45, 7) is 6.04. The molecule has 0 fully saturated rings. The zero-order valence-electron chi connectivity index (χ0n) is 11.8. The van der Waals surface area contributed by atoms with E-state index in [2.05, 4.69) is 30.4 Å². The number of thiol groups is 1. The molecule has 0 amide bonds. The van der Waals surface area contributed by atoms with Gasteiger partial charge in [0.05, 0.1) is 0 Å². The zero-order valence-corrected chi connectivity index (χ0v) is 13.4. The van der Waals surface area contributed by atoms with Gasteiger partial charge >= 0.3 is 0 Å². The predicted octanol–water partition coefficient (Wildman–Crippen LogP) is 3.46. The first-order valence-corrected chi connectivity index (χ1v) is 7.88. The molecule has 0 aliphatic rings. The van der Waals surface area contributed by atoms with E-state index < -0.39 is 10.9 Å². The van der Waals surface area contributed by atoms with Gasteiger partial charge in [-0.25, -0.2) is 13.1 Å². The van der Waals surface area contributed by atoms with Gasteiger partial charge in [-0.3, -0.25) is 0 Å². The van der Waals surface area contributed by atoms with Crippen molar-refractivity contribution in [2.45, 2.75) is 6.92 Å². The summed E-state index contributed by atoms with van der Waals surface area (Å²) in [4.78, 5) is 0. The first-order valence-electron chi connectivity index (χ1n) is 6.32. The molecule has 21 heavy (non-hydrogen) atoms. The average Bonchev–Trinajstić information content (AvgIpc) is 2.46. The van der Waals surface area contributed by atoms with Crippen molar-refractivity contribution in [3.63, 3.8) is 0 Å². The van der Waals surface area contributed by atoms with Crippen LogP contribution in [-0.4, -0.2) is 15.0 Å². The molecule has 2 aromatic carbocycles. The fourth-order valence-electron chi connectivity index (χ4n) is 1.50. The van der Waals surface area contributed by atoms with Gasteiger partial charge < -0.3 is 0 Å². The van der Waals surface area contributed by atoms with Crippen molar-refractivity contribution in [1.82, 2.24) is 4.72 Å². The minimum absolute atomic E-state index is 0.207. The summed E-state index contributed by atoms with van der Waals surface area (Å²) in [6.07, 6.45) is 0. The number of hydrogen-bond donors (Lipinski definition) is 2. The van der Waals surface area contributed by atoms with Crippen LogP contribution in [0.4, 0.5) is 0 Å². The van der Waals surface area contributed by atoms with E-state index >= 15 is 0 Å². The molecule has 0 bridgehead atoms. The van der Waals surface area contributed by atoms with Crippen LogP contribution in [0.25, 0.3) is 5.57 Å². The topological polar surface area (TPSA) is 46.2 Å². The maximum atomic E-state index is 10.3. The molecule has 0 aliphatic heterocycles. The third kappa shape index (κ3) is 7.66. The smallest absolute Gasteiger partial charge is 0.201 e. The Balaban J connectivity index is 0.000000262. The molecule has 3 nitrogen and oxygen atoms in total. The Labute approximate surface area is 132 Å². The lowest BCUT2D eigenvalue weighted by Gasteiger charge is -2.04. The summed E-state index contributed by atoms with van der Waals surface area (Å²) in [6, 6.07) is 17.4. The van der Waals surface area contributed by atoms with Gasteiger partial charge in [-0.05, 0) is 30.2 Å². The molecule has 0 heterocycles. The second-order valence-corrected chi connectivity index (χ2v) is 5.63. The molecule has 2 aromatic rings. The van der Waals surface area contributed by atoms with Crippen molar-refractivity contribution in [3.8, 4) is 0 Å². The van der Waals surface area contributed by atoms with Gasteiger partial charge in [-0.15, -0.1) is 0 Å². The molecule has 0 saturated carbocycles. The van der Waals surface area contributed by atoms with E-state index in [1.807, 2.05) is 24.3 Å². The number of halogens is 1. The number of hydrogen-bond acceptors (Lipinski definition) is 2. The highest BCUT2D eigenvalue weighted by Crippen LogP contribution is 2.16. The normalized spacial score (nSPS) is 9.86. The zero-order chi connectivity index (χ0) is 15.7. The monoisotopic (exact) mass is 323 g/mol. The molecule has 0 aromatic heterocycles. The maximum absolute atomic E-state index is 10.3. The van der Waals surface area contributed by atoms with Gasteiger partial charge in [-0.1, -0.05) is 66.2 Å². The Morgan fingerprint density at radius 1 is 1.14 bits per heavy atom. The fourth-order valence-corrected chi connectivity index (χ4v) is 2.02. The van der Waals surface area contributed by atoms with E-state index in [1.54, 1.807) is 18.2 Å². The third-order valence-corrected chi connectivity index (χ3v) is 3.25. The molecule has 0 unspecified atom stereocenters. The summed E-state index contributed by atoms with van der Waals surface area (Å²) >= 11 is 5.77. The van der Waals surface area contributed by atoms with Gasteiger partial charge in [0, 0.05) is 11.6 Å². The Bertz CT molecular complexity index is 646. The average molecular weight is 324 g/mol. The lowest BCUT2D eigenvalue weighted by Crippen LogP contribution is -2.13. The maximum Gasteiger partial charge on any atom is 0.201 e. The van der Waals surface area contributed by atoms with Gasteiger partial charge in [0.2, 0.25) is 10.9 Å². The first-order chi connectivity index (χ1) is 9.99. The SMILES string of the molecule is C=C(CN[SH](=O)=O)c1cccc(Cl)c1.Cc1ccccc1. The molecule has 5 heteroatoms. The van der Waals surface area contributed by atoms with Gasteiger partial charge in [-0.2, -0.15) is 0 Å². The van der Waals surface area contributed by atoms with Gasteiger partial charge in [0.1, 0.15) is 0 Å². The highest BCUT2D eigenvalue weighted by atomic mass is 35.5. The van der Waals surface area contributed by atoms with Crippen LogP contribution in [0.15, 0.2) is 61.2 Å². The van der Waals surface area contributed by atoms with Crippen LogP contribution in [-0.2, 0) is 10.9 Å². The Hall–Kier alpha value is -1.62. The summed E-state index contributed by atoms with van der Waals surface area (Å²) in [5, 5.41) is 0.607. The molecular formula is C16H18ClNO2S. The highest BCUT2D eigenvalue weighted by molar-refractivity contribution is 7.70. The number of rotatable bonds is 4. The van der Waals surface area contributed by atoms with E-state index in [-0.39, 0.29) is 6.54 Å². The van der Waals surface area contributed by atoms with E-state index in [0.29, 0.717) is 10.6 Å². The molecule has 2 rings (SSSR count). The third-order valence-electron chi connectivity index (χ3n) is 2.59. The molecule has 1 N–H and O–H groups in total. The summed E-state index contributed by atoms with van der Waals surface area (Å²) in [5.74, 6) is 0. The van der Waals surface area contributed by atoms with Crippen LogP contribution in [0.1, 0.15) is 11.1 Å². The fraction of sp³-hybridized carbons (Fsp3) is 0.125. The Morgan fingerprint density at radius 3 is 2.29 bits per heavy atom. The van der Waals surface area contributed by atoms with Gasteiger partial charge in [0.25, 0.3) is 0 Å². The first kappa shape index (κ1) is 17.4. The van der Waals surface area contributed by atoms with E-state index in [9.17, 15) is 8.42 Å². The molecule has 0 aliphatic carbocycles. The largest absolute Gasteiger partial charge is 0.216 e. The van der Waals surface area contributed by atoms with Crippen LogP contribution in [0.5, 0.6) is 0 Å². The van der Waals surface area contributed by atoms with Crippen molar-refractivity contribution < 1.29 is 8.42 Å². The van der Waals surface area contributed by atoms with Crippen LogP contribution in [0, 0.1) is 6.92 Å².